The van der Waals surface area contributed by atoms with Gasteiger partial charge in [0.25, 0.3) is 5.91 Å². The number of fused-ring (bicyclic) bond motifs is 1. The van der Waals surface area contributed by atoms with Gasteiger partial charge in [-0.05, 0) is 58.3 Å². The number of carbonyl (C=O) groups is 2. The Hall–Kier alpha value is -2.84. The van der Waals surface area contributed by atoms with Crippen molar-refractivity contribution < 1.29 is 23.8 Å². The molecule has 1 aromatic carbocycles. The van der Waals surface area contributed by atoms with Crippen LogP contribution in [0.15, 0.2) is 47.2 Å². The lowest BCUT2D eigenvalue weighted by atomic mass is 10.1. The number of esters is 1. The molecule has 0 bridgehead atoms. The Morgan fingerprint density at radius 3 is 2.72 bits per heavy atom. The van der Waals surface area contributed by atoms with Crippen LogP contribution in [0.25, 0.3) is 10.4 Å². The van der Waals surface area contributed by atoms with Crippen molar-refractivity contribution in [3.63, 3.8) is 0 Å². The minimum Gasteiger partial charge on any atom is -0.486 e. The fourth-order valence-corrected chi connectivity index (χ4v) is 4.41. The molecule has 0 fully saturated rings. The van der Waals surface area contributed by atoms with E-state index in [0.717, 1.165) is 21.8 Å². The summed E-state index contributed by atoms with van der Waals surface area (Å²) in [5, 5.41) is 3.95. The summed E-state index contributed by atoms with van der Waals surface area (Å²) < 4.78 is 16.4. The van der Waals surface area contributed by atoms with E-state index in [0.29, 0.717) is 30.4 Å². The van der Waals surface area contributed by atoms with Crippen molar-refractivity contribution in [1.29, 1.82) is 0 Å². The average molecular weight is 430 g/mol. The second-order valence-corrected chi connectivity index (χ2v) is 8.34. The number of carbonyl (C=O) groups excluding carboxylic acids is 2. The van der Waals surface area contributed by atoms with Gasteiger partial charge >= 0.3 is 5.97 Å². The Morgan fingerprint density at radius 2 is 1.93 bits per heavy atom. The summed E-state index contributed by atoms with van der Waals surface area (Å²) in [7, 11) is 1.69. The van der Waals surface area contributed by atoms with Crippen LogP contribution < -0.4 is 9.47 Å². The SMILES string of the molecule is CN(Cc1ccsc1)C(=O)COC(=O)c1ccc(-c2ccc3c(c2)OCCO3)s1. The van der Waals surface area contributed by atoms with E-state index in [1.165, 1.54) is 11.3 Å². The van der Waals surface area contributed by atoms with Gasteiger partial charge in [-0.25, -0.2) is 4.79 Å². The van der Waals surface area contributed by atoms with Gasteiger partial charge in [-0.1, -0.05) is 0 Å². The zero-order valence-corrected chi connectivity index (χ0v) is 17.4. The van der Waals surface area contributed by atoms with Crippen LogP contribution in [-0.2, 0) is 16.1 Å². The van der Waals surface area contributed by atoms with E-state index in [9.17, 15) is 9.59 Å². The minimum atomic E-state index is -0.504. The normalized spacial score (nSPS) is 12.4. The van der Waals surface area contributed by atoms with Gasteiger partial charge in [-0.2, -0.15) is 11.3 Å². The van der Waals surface area contributed by atoms with E-state index in [1.54, 1.807) is 29.4 Å². The monoisotopic (exact) mass is 429 g/mol. The molecule has 1 amide bonds. The number of rotatable bonds is 6. The maximum atomic E-state index is 12.3. The molecule has 29 heavy (non-hydrogen) atoms. The third kappa shape index (κ3) is 4.60. The molecule has 1 aliphatic heterocycles. The maximum absolute atomic E-state index is 12.3. The van der Waals surface area contributed by atoms with Crippen LogP contribution in [0.2, 0.25) is 0 Å². The highest BCUT2D eigenvalue weighted by molar-refractivity contribution is 7.17. The number of hydrogen-bond donors (Lipinski definition) is 0. The molecule has 3 aromatic rings. The Kier molecular flexibility index (Phi) is 5.82. The topological polar surface area (TPSA) is 65.1 Å². The molecule has 0 aliphatic carbocycles. The van der Waals surface area contributed by atoms with Gasteiger partial charge in [0.1, 0.15) is 18.1 Å². The van der Waals surface area contributed by atoms with Gasteiger partial charge in [-0.15, -0.1) is 11.3 Å². The molecular formula is C21H19NO5S2. The zero-order chi connectivity index (χ0) is 20.2. The Morgan fingerprint density at radius 1 is 1.10 bits per heavy atom. The molecule has 0 atom stereocenters. The molecule has 0 spiro atoms. The molecule has 0 saturated carbocycles. The molecule has 6 nitrogen and oxygen atoms in total. The van der Waals surface area contributed by atoms with E-state index in [4.69, 9.17) is 14.2 Å². The second-order valence-electron chi connectivity index (χ2n) is 6.48. The lowest BCUT2D eigenvalue weighted by Crippen LogP contribution is -2.30. The highest BCUT2D eigenvalue weighted by Gasteiger charge is 2.17. The van der Waals surface area contributed by atoms with Crippen LogP contribution in [0.1, 0.15) is 15.2 Å². The number of likely N-dealkylation sites (N-methyl/N-ethyl adjacent to an activating group) is 1. The summed E-state index contributed by atoms with van der Waals surface area (Å²) in [4.78, 5) is 27.4. The van der Waals surface area contributed by atoms with Crippen molar-refractivity contribution in [2.45, 2.75) is 6.54 Å². The number of benzene rings is 1. The first-order valence-electron chi connectivity index (χ1n) is 9.02. The first kappa shape index (κ1) is 19.5. The zero-order valence-electron chi connectivity index (χ0n) is 15.8. The van der Waals surface area contributed by atoms with Crippen LogP contribution in [0.3, 0.4) is 0 Å². The molecule has 0 unspecified atom stereocenters. The van der Waals surface area contributed by atoms with E-state index in [1.807, 2.05) is 41.1 Å². The molecule has 0 radical (unpaired) electrons. The van der Waals surface area contributed by atoms with Crippen LogP contribution in [0.4, 0.5) is 0 Å². The van der Waals surface area contributed by atoms with Crippen LogP contribution >= 0.6 is 22.7 Å². The summed E-state index contributed by atoms with van der Waals surface area (Å²) >= 11 is 2.89. The predicted molar refractivity (Wildman–Crippen MR) is 112 cm³/mol. The lowest BCUT2D eigenvalue weighted by Gasteiger charge is -2.18. The highest BCUT2D eigenvalue weighted by Crippen LogP contribution is 2.37. The van der Waals surface area contributed by atoms with Crippen LogP contribution in [-0.4, -0.2) is 43.6 Å². The van der Waals surface area contributed by atoms with Crippen molar-refractivity contribution in [1.82, 2.24) is 4.90 Å². The van der Waals surface area contributed by atoms with Crippen molar-refractivity contribution in [2.24, 2.45) is 0 Å². The molecule has 0 saturated heterocycles. The lowest BCUT2D eigenvalue weighted by molar-refractivity contribution is -0.133. The summed E-state index contributed by atoms with van der Waals surface area (Å²) in [6, 6.07) is 11.2. The minimum absolute atomic E-state index is 0.242. The number of nitrogens with zero attached hydrogens (tertiary/aromatic N) is 1. The fourth-order valence-electron chi connectivity index (χ4n) is 2.85. The van der Waals surface area contributed by atoms with E-state index < -0.39 is 5.97 Å². The number of ether oxygens (including phenoxy) is 3. The molecule has 4 rings (SSSR count). The Bertz CT molecular complexity index is 1010. The average Bonchev–Trinajstić information content (AvgIpc) is 3.43. The van der Waals surface area contributed by atoms with Crippen molar-refractivity contribution >= 4 is 34.6 Å². The van der Waals surface area contributed by atoms with Gasteiger partial charge in [0.2, 0.25) is 0 Å². The molecule has 1 aliphatic rings. The van der Waals surface area contributed by atoms with E-state index in [2.05, 4.69) is 0 Å². The summed E-state index contributed by atoms with van der Waals surface area (Å²) in [5.74, 6) is 0.677. The number of hydrogen-bond acceptors (Lipinski definition) is 7. The smallest absolute Gasteiger partial charge is 0.348 e. The molecule has 3 heterocycles. The van der Waals surface area contributed by atoms with Crippen molar-refractivity contribution in [3.05, 3.63) is 57.6 Å². The van der Waals surface area contributed by atoms with E-state index >= 15 is 0 Å². The van der Waals surface area contributed by atoms with Gasteiger partial charge in [-0.3, -0.25) is 4.79 Å². The molecule has 2 aromatic heterocycles. The molecule has 150 valence electrons. The van der Waals surface area contributed by atoms with Crippen molar-refractivity contribution in [2.75, 3.05) is 26.9 Å². The third-order valence-corrected chi connectivity index (χ3v) is 6.23. The quantitative estimate of drug-likeness (QED) is 0.553. The summed E-state index contributed by atoms with van der Waals surface area (Å²) in [6.07, 6.45) is 0. The van der Waals surface area contributed by atoms with Gasteiger partial charge in [0.05, 0.1) is 0 Å². The Balaban J connectivity index is 1.35. The highest BCUT2D eigenvalue weighted by atomic mass is 32.1. The van der Waals surface area contributed by atoms with Gasteiger partial charge < -0.3 is 19.1 Å². The van der Waals surface area contributed by atoms with Crippen LogP contribution in [0, 0.1) is 0 Å². The molecule has 8 heteroatoms. The standard InChI is InChI=1S/C21H19NO5S2/c1-22(11-14-6-9-28-13-14)20(23)12-27-21(24)19-5-4-18(29-19)15-2-3-16-17(10-15)26-8-7-25-16/h2-6,9-10,13H,7-8,11-12H2,1H3. The van der Waals surface area contributed by atoms with Gasteiger partial charge in [0.15, 0.2) is 18.1 Å². The largest absolute Gasteiger partial charge is 0.486 e. The molecular weight excluding hydrogens is 410 g/mol. The van der Waals surface area contributed by atoms with E-state index in [-0.39, 0.29) is 12.5 Å². The van der Waals surface area contributed by atoms with Crippen molar-refractivity contribution in [3.8, 4) is 21.9 Å². The summed E-state index contributed by atoms with van der Waals surface area (Å²) in [5.41, 5.74) is 1.99. The van der Waals surface area contributed by atoms with Crippen LogP contribution in [0.5, 0.6) is 11.5 Å². The Labute approximate surface area is 176 Å². The molecule has 0 N–H and O–H groups in total. The number of thiophene rings is 2. The van der Waals surface area contributed by atoms with Gasteiger partial charge in [0, 0.05) is 18.5 Å². The fraction of sp³-hybridized carbons (Fsp3) is 0.238. The maximum Gasteiger partial charge on any atom is 0.348 e. The summed E-state index contributed by atoms with van der Waals surface area (Å²) in [6.45, 7) is 1.28. The first-order chi connectivity index (χ1) is 14.1. The second kappa shape index (κ2) is 8.67. The third-order valence-electron chi connectivity index (χ3n) is 4.39. The predicted octanol–water partition coefficient (Wildman–Crippen LogP) is 4.06. The number of amides is 1. The first-order valence-corrected chi connectivity index (χ1v) is 10.8.